The van der Waals surface area contributed by atoms with Crippen LogP contribution in [0.4, 0.5) is 0 Å². The van der Waals surface area contributed by atoms with Gasteiger partial charge < -0.3 is 5.73 Å². The summed E-state index contributed by atoms with van der Waals surface area (Å²) < 4.78 is 24.8. The molecule has 0 bridgehead atoms. The van der Waals surface area contributed by atoms with Gasteiger partial charge in [-0.25, -0.2) is 12.7 Å². The van der Waals surface area contributed by atoms with E-state index in [0.717, 1.165) is 12.8 Å². The molecule has 1 saturated heterocycles. The Bertz CT molecular complexity index is 271. The summed E-state index contributed by atoms with van der Waals surface area (Å²) in [6.45, 7) is 5.46. The van der Waals surface area contributed by atoms with Gasteiger partial charge in [0.2, 0.25) is 10.0 Å². The zero-order chi connectivity index (χ0) is 10.8. The van der Waals surface area contributed by atoms with Crippen molar-refractivity contribution in [3.05, 3.63) is 0 Å². The van der Waals surface area contributed by atoms with E-state index in [-0.39, 0.29) is 11.8 Å². The van der Waals surface area contributed by atoms with E-state index >= 15 is 0 Å². The molecule has 0 aromatic carbocycles. The van der Waals surface area contributed by atoms with Crippen LogP contribution in [0, 0.1) is 5.92 Å². The quantitative estimate of drug-likeness (QED) is 0.729. The van der Waals surface area contributed by atoms with Gasteiger partial charge >= 0.3 is 0 Å². The highest BCUT2D eigenvalue weighted by molar-refractivity contribution is 7.89. The monoisotopic (exact) mass is 220 g/mol. The maximum Gasteiger partial charge on any atom is 0.215 e. The van der Waals surface area contributed by atoms with Crippen LogP contribution in [0.5, 0.6) is 0 Å². The van der Waals surface area contributed by atoms with E-state index in [1.165, 1.54) is 4.31 Å². The average molecular weight is 220 g/mol. The first-order chi connectivity index (χ1) is 6.42. The van der Waals surface area contributed by atoms with Crippen molar-refractivity contribution < 1.29 is 8.42 Å². The molecular formula is C9H20N2O2S. The molecule has 1 unspecified atom stereocenters. The summed E-state index contributed by atoms with van der Waals surface area (Å²) >= 11 is 0. The number of nitrogens with two attached hydrogens (primary N) is 1. The minimum Gasteiger partial charge on any atom is -0.327 e. The van der Waals surface area contributed by atoms with Crippen LogP contribution < -0.4 is 5.73 Å². The summed E-state index contributed by atoms with van der Waals surface area (Å²) in [6.07, 6.45) is 1.76. The third-order valence-electron chi connectivity index (χ3n) is 2.41. The van der Waals surface area contributed by atoms with Crippen molar-refractivity contribution in [1.82, 2.24) is 4.31 Å². The number of nitrogens with zero attached hydrogens (tertiary/aromatic N) is 1. The van der Waals surface area contributed by atoms with Crippen LogP contribution in [-0.4, -0.2) is 37.6 Å². The number of hydrogen-bond donors (Lipinski definition) is 1. The van der Waals surface area contributed by atoms with Crippen molar-refractivity contribution in [1.29, 1.82) is 0 Å². The highest BCUT2D eigenvalue weighted by Crippen LogP contribution is 2.14. The van der Waals surface area contributed by atoms with Crippen molar-refractivity contribution in [3.63, 3.8) is 0 Å². The normalized spacial score (nSPS) is 20.9. The van der Waals surface area contributed by atoms with Crippen LogP contribution >= 0.6 is 0 Å². The molecule has 1 rings (SSSR count). The molecule has 1 fully saturated rings. The number of sulfonamides is 1. The largest absolute Gasteiger partial charge is 0.327 e. The van der Waals surface area contributed by atoms with Gasteiger partial charge in [-0.15, -0.1) is 0 Å². The van der Waals surface area contributed by atoms with E-state index in [4.69, 9.17) is 5.73 Å². The molecule has 1 atom stereocenters. The maximum atomic E-state index is 11.7. The lowest BCUT2D eigenvalue weighted by Gasteiger charge is -2.30. The molecule has 5 heteroatoms. The van der Waals surface area contributed by atoms with E-state index in [9.17, 15) is 8.42 Å². The average Bonchev–Trinajstić information content (AvgIpc) is 1.74. The smallest absolute Gasteiger partial charge is 0.215 e. The van der Waals surface area contributed by atoms with Gasteiger partial charge in [-0.1, -0.05) is 13.8 Å². The second kappa shape index (κ2) is 4.59. The van der Waals surface area contributed by atoms with Gasteiger partial charge in [0, 0.05) is 19.1 Å². The summed E-state index contributed by atoms with van der Waals surface area (Å²) in [6, 6.07) is -0.222. The summed E-state index contributed by atoms with van der Waals surface area (Å²) in [5.41, 5.74) is 5.77. The summed E-state index contributed by atoms with van der Waals surface area (Å²) in [5.74, 6) is 0.558. The number of rotatable bonds is 5. The minimum atomic E-state index is -3.06. The van der Waals surface area contributed by atoms with E-state index in [1.807, 2.05) is 0 Å². The Labute approximate surface area is 86.5 Å². The lowest BCUT2D eigenvalue weighted by molar-refractivity contribution is 0.307. The van der Waals surface area contributed by atoms with Gasteiger partial charge in [0.1, 0.15) is 0 Å². The SMILES string of the molecule is CC(C)CC(N)CS(=O)(=O)N1CCC1. The fraction of sp³-hybridized carbons (Fsp3) is 1.00. The molecule has 0 aromatic rings. The second-order valence-electron chi connectivity index (χ2n) is 4.42. The van der Waals surface area contributed by atoms with Crippen LogP contribution in [-0.2, 0) is 10.0 Å². The molecule has 4 nitrogen and oxygen atoms in total. The molecule has 0 aromatic heterocycles. The minimum absolute atomic E-state index is 0.102. The van der Waals surface area contributed by atoms with E-state index in [1.54, 1.807) is 0 Å². The Kier molecular flexibility index (Phi) is 3.92. The van der Waals surface area contributed by atoms with E-state index in [2.05, 4.69) is 13.8 Å². The Hall–Kier alpha value is -0.130. The van der Waals surface area contributed by atoms with Gasteiger partial charge in [0.25, 0.3) is 0 Å². The van der Waals surface area contributed by atoms with Gasteiger partial charge in [0.15, 0.2) is 0 Å². The van der Waals surface area contributed by atoms with Crippen LogP contribution in [0.1, 0.15) is 26.7 Å². The van der Waals surface area contributed by atoms with E-state index in [0.29, 0.717) is 19.0 Å². The van der Waals surface area contributed by atoms with E-state index < -0.39 is 10.0 Å². The molecule has 2 N–H and O–H groups in total. The van der Waals surface area contributed by atoms with Crippen molar-refractivity contribution in [2.45, 2.75) is 32.7 Å². The van der Waals surface area contributed by atoms with Crippen LogP contribution in [0.2, 0.25) is 0 Å². The molecule has 84 valence electrons. The molecule has 0 aliphatic carbocycles. The van der Waals surface area contributed by atoms with Crippen molar-refractivity contribution in [2.24, 2.45) is 11.7 Å². The van der Waals surface area contributed by atoms with Crippen LogP contribution in [0.25, 0.3) is 0 Å². The Morgan fingerprint density at radius 3 is 2.29 bits per heavy atom. The fourth-order valence-electron chi connectivity index (χ4n) is 1.61. The summed E-state index contributed by atoms with van der Waals surface area (Å²) in [4.78, 5) is 0. The zero-order valence-corrected chi connectivity index (χ0v) is 9.76. The molecule has 1 aliphatic rings. The van der Waals surface area contributed by atoms with Crippen molar-refractivity contribution >= 4 is 10.0 Å². The molecular weight excluding hydrogens is 200 g/mol. The standard InChI is InChI=1S/C9H20N2O2S/c1-8(2)6-9(10)7-14(12,13)11-4-3-5-11/h8-9H,3-7,10H2,1-2H3. The number of hydrogen-bond acceptors (Lipinski definition) is 3. The molecule has 0 spiro atoms. The highest BCUT2D eigenvalue weighted by Gasteiger charge is 2.29. The topological polar surface area (TPSA) is 63.4 Å². The Morgan fingerprint density at radius 2 is 1.93 bits per heavy atom. The van der Waals surface area contributed by atoms with Crippen molar-refractivity contribution in [2.75, 3.05) is 18.8 Å². The molecule has 0 radical (unpaired) electrons. The van der Waals surface area contributed by atoms with Gasteiger partial charge in [-0.3, -0.25) is 0 Å². The molecule has 0 amide bonds. The molecule has 1 aliphatic heterocycles. The van der Waals surface area contributed by atoms with Gasteiger partial charge in [-0.05, 0) is 18.8 Å². The first-order valence-corrected chi connectivity index (χ1v) is 6.76. The molecule has 1 heterocycles. The lowest BCUT2D eigenvalue weighted by atomic mass is 10.1. The van der Waals surface area contributed by atoms with Crippen molar-refractivity contribution in [3.8, 4) is 0 Å². The lowest BCUT2D eigenvalue weighted by Crippen LogP contribution is -2.46. The van der Waals surface area contributed by atoms with Crippen LogP contribution in [0.15, 0.2) is 0 Å². The Morgan fingerprint density at radius 1 is 1.36 bits per heavy atom. The first-order valence-electron chi connectivity index (χ1n) is 5.15. The maximum absolute atomic E-state index is 11.7. The Balaban J connectivity index is 2.41. The third kappa shape index (κ3) is 3.22. The predicted molar refractivity (Wildman–Crippen MR) is 57.4 cm³/mol. The highest BCUT2D eigenvalue weighted by atomic mass is 32.2. The van der Waals surface area contributed by atoms with Crippen LogP contribution in [0.3, 0.4) is 0 Å². The summed E-state index contributed by atoms with van der Waals surface area (Å²) in [7, 11) is -3.06. The first kappa shape index (κ1) is 11.9. The molecule has 0 saturated carbocycles. The second-order valence-corrected chi connectivity index (χ2v) is 6.43. The third-order valence-corrected chi connectivity index (χ3v) is 4.41. The van der Waals surface area contributed by atoms with Gasteiger partial charge in [-0.2, -0.15) is 0 Å². The molecule has 14 heavy (non-hydrogen) atoms. The summed E-state index contributed by atoms with van der Waals surface area (Å²) in [5, 5.41) is 0. The fourth-order valence-corrected chi connectivity index (χ4v) is 3.32. The van der Waals surface area contributed by atoms with Gasteiger partial charge in [0.05, 0.1) is 5.75 Å². The zero-order valence-electron chi connectivity index (χ0n) is 8.94. The predicted octanol–water partition coefficient (Wildman–Crippen LogP) is 0.395.